The van der Waals surface area contributed by atoms with Gasteiger partial charge in [-0.25, -0.2) is 0 Å². The smallest absolute Gasteiger partial charge is 0.310 e. The summed E-state index contributed by atoms with van der Waals surface area (Å²) in [4.78, 5) is 11.2. The van der Waals surface area contributed by atoms with Gasteiger partial charge in [-0.1, -0.05) is 28.1 Å². The highest BCUT2D eigenvalue weighted by atomic mass is 79.9. The molecule has 0 radical (unpaired) electrons. The molecule has 1 saturated carbocycles. The fourth-order valence-corrected chi connectivity index (χ4v) is 2.52. The summed E-state index contributed by atoms with van der Waals surface area (Å²) in [6.07, 6.45) is 0.966. The van der Waals surface area contributed by atoms with Crippen LogP contribution in [0.15, 0.2) is 28.7 Å². The minimum atomic E-state index is -0.797. The highest BCUT2D eigenvalue weighted by Crippen LogP contribution is 2.61. The molecule has 0 aliphatic heterocycles. The first-order chi connectivity index (χ1) is 7.60. The molecule has 3 nitrogen and oxygen atoms in total. The first kappa shape index (κ1) is 11.6. The minimum absolute atomic E-state index is 0.0465. The molecule has 1 aromatic carbocycles. The van der Waals surface area contributed by atoms with E-state index in [2.05, 4.69) is 15.9 Å². The van der Waals surface area contributed by atoms with Crippen LogP contribution in [0.5, 0.6) is 0 Å². The lowest BCUT2D eigenvalue weighted by molar-refractivity contribution is -0.144. The summed E-state index contributed by atoms with van der Waals surface area (Å²) >= 11 is 3.35. The Morgan fingerprint density at radius 2 is 2.06 bits per heavy atom. The number of carboxylic acid groups (broad SMARTS) is 1. The SMILES string of the molecule is O=C(O)[C@]1(CCO)C[C@H]1c1ccc(Br)cc1. The number of aliphatic carboxylic acids is 1. The zero-order valence-corrected chi connectivity index (χ0v) is 10.3. The first-order valence-corrected chi connectivity index (χ1v) is 5.99. The summed E-state index contributed by atoms with van der Waals surface area (Å²) in [6, 6.07) is 7.71. The maximum absolute atomic E-state index is 11.2. The largest absolute Gasteiger partial charge is 0.481 e. The van der Waals surface area contributed by atoms with Crippen LogP contribution in [0.3, 0.4) is 0 Å². The van der Waals surface area contributed by atoms with Gasteiger partial charge in [0.2, 0.25) is 0 Å². The van der Waals surface area contributed by atoms with Crippen molar-refractivity contribution in [2.45, 2.75) is 18.8 Å². The normalized spacial score (nSPS) is 27.8. The Morgan fingerprint density at radius 3 is 2.56 bits per heavy atom. The molecule has 86 valence electrons. The molecule has 1 aliphatic carbocycles. The first-order valence-electron chi connectivity index (χ1n) is 5.20. The maximum Gasteiger partial charge on any atom is 0.310 e. The van der Waals surface area contributed by atoms with Gasteiger partial charge in [-0.15, -0.1) is 0 Å². The van der Waals surface area contributed by atoms with Crippen LogP contribution in [0.2, 0.25) is 0 Å². The van der Waals surface area contributed by atoms with E-state index >= 15 is 0 Å². The summed E-state index contributed by atoms with van der Waals surface area (Å²) in [5.74, 6) is -0.750. The summed E-state index contributed by atoms with van der Waals surface area (Å²) in [6.45, 7) is -0.0701. The average Bonchev–Trinajstić information content (AvgIpc) is 2.96. The van der Waals surface area contributed by atoms with Gasteiger partial charge in [-0.2, -0.15) is 0 Å². The second-order valence-corrected chi connectivity index (χ2v) is 5.16. The Bertz CT molecular complexity index is 401. The monoisotopic (exact) mass is 284 g/mol. The predicted octanol–water partition coefficient (Wildman–Crippen LogP) is 2.39. The van der Waals surface area contributed by atoms with Gasteiger partial charge >= 0.3 is 5.97 Å². The molecule has 0 aromatic heterocycles. The van der Waals surface area contributed by atoms with Crippen LogP contribution in [0.25, 0.3) is 0 Å². The maximum atomic E-state index is 11.2. The number of rotatable bonds is 4. The molecule has 1 fully saturated rings. The second-order valence-electron chi connectivity index (χ2n) is 4.24. The minimum Gasteiger partial charge on any atom is -0.481 e. The highest BCUT2D eigenvalue weighted by molar-refractivity contribution is 9.10. The van der Waals surface area contributed by atoms with Crippen LogP contribution in [-0.2, 0) is 4.79 Å². The molecule has 0 saturated heterocycles. The van der Waals surface area contributed by atoms with E-state index in [1.165, 1.54) is 0 Å². The fraction of sp³-hybridized carbons (Fsp3) is 0.417. The lowest BCUT2D eigenvalue weighted by Gasteiger charge is -2.10. The Balaban J connectivity index is 2.19. The molecule has 2 N–H and O–H groups in total. The van der Waals surface area contributed by atoms with Crippen LogP contribution in [0.1, 0.15) is 24.3 Å². The van der Waals surface area contributed by atoms with Crippen molar-refractivity contribution in [2.75, 3.05) is 6.61 Å². The summed E-state index contributed by atoms with van der Waals surface area (Å²) in [5.41, 5.74) is 0.307. The number of aliphatic hydroxyl groups excluding tert-OH is 1. The number of carbonyl (C=O) groups is 1. The molecule has 0 spiro atoms. The third kappa shape index (κ3) is 1.87. The predicted molar refractivity (Wildman–Crippen MR) is 63.3 cm³/mol. The standard InChI is InChI=1S/C12H13BrO3/c13-9-3-1-8(2-4-9)10-7-12(10,5-6-14)11(15)16/h1-4,10,14H,5-7H2,(H,15,16)/t10-,12+/m0/s1. The number of hydrogen-bond acceptors (Lipinski definition) is 2. The van der Waals surface area contributed by atoms with E-state index in [-0.39, 0.29) is 12.5 Å². The second kappa shape index (κ2) is 4.18. The average molecular weight is 285 g/mol. The van der Waals surface area contributed by atoms with E-state index < -0.39 is 11.4 Å². The lowest BCUT2D eigenvalue weighted by atomic mass is 9.96. The van der Waals surface area contributed by atoms with Crippen LogP contribution in [-0.4, -0.2) is 22.8 Å². The van der Waals surface area contributed by atoms with Crippen LogP contribution >= 0.6 is 15.9 Å². The van der Waals surface area contributed by atoms with Crippen molar-refractivity contribution in [3.8, 4) is 0 Å². The van der Waals surface area contributed by atoms with Gasteiger partial charge in [-0.3, -0.25) is 4.79 Å². The number of hydrogen-bond donors (Lipinski definition) is 2. The van der Waals surface area contributed by atoms with E-state index in [4.69, 9.17) is 5.11 Å². The topological polar surface area (TPSA) is 57.5 Å². The van der Waals surface area contributed by atoms with Gasteiger partial charge in [-0.05, 0) is 30.5 Å². The van der Waals surface area contributed by atoms with E-state index in [0.717, 1.165) is 10.0 Å². The molecule has 0 amide bonds. The molecule has 1 aromatic rings. The van der Waals surface area contributed by atoms with Gasteiger partial charge in [0.25, 0.3) is 0 Å². The van der Waals surface area contributed by atoms with Crippen LogP contribution < -0.4 is 0 Å². The Morgan fingerprint density at radius 1 is 1.44 bits per heavy atom. The van der Waals surface area contributed by atoms with E-state index in [1.54, 1.807) is 0 Å². The fourth-order valence-electron chi connectivity index (χ4n) is 2.26. The Kier molecular flexibility index (Phi) is 3.04. The molecular formula is C12H13BrO3. The third-order valence-electron chi connectivity index (χ3n) is 3.33. The van der Waals surface area contributed by atoms with E-state index in [9.17, 15) is 9.90 Å². The van der Waals surface area contributed by atoms with Gasteiger partial charge < -0.3 is 10.2 Å². The zero-order chi connectivity index (χ0) is 11.8. The number of carboxylic acids is 1. The molecule has 0 bridgehead atoms. The lowest BCUT2D eigenvalue weighted by Crippen LogP contribution is -2.18. The van der Waals surface area contributed by atoms with E-state index in [0.29, 0.717) is 12.8 Å². The van der Waals surface area contributed by atoms with Gasteiger partial charge in [0.1, 0.15) is 0 Å². The number of halogens is 1. The Labute approximate surface area is 102 Å². The molecule has 4 heteroatoms. The van der Waals surface area contributed by atoms with Crippen LogP contribution in [0.4, 0.5) is 0 Å². The Hall–Kier alpha value is -0.870. The molecule has 16 heavy (non-hydrogen) atoms. The van der Waals surface area contributed by atoms with Crippen molar-refractivity contribution in [2.24, 2.45) is 5.41 Å². The van der Waals surface area contributed by atoms with Crippen molar-refractivity contribution >= 4 is 21.9 Å². The molecule has 0 unspecified atom stereocenters. The van der Waals surface area contributed by atoms with Crippen molar-refractivity contribution in [3.63, 3.8) is 0 Å². The quantitative estimate of drug-likeness (QED) is 0.893. The van der Waals surface area contributed by atoms with Gasteiger partial charge in [0.15, 0.2) is 0 Å². The molecule has 2 rings (SSSR count). The van der Waals surface area contributed by atoms with Crippen LogP contribution in [0, 0.1) is 5.41 Å². The summed E-state index contributed by atoms with van der Waals surface area (Å²) in [7, 11) is 0. The van der Waals surface area contributed by atoms with Crippen molar-refractivity contribution in [3.05, 3.63) is 34.3 Å². The molecule has 2 atom stereocenters. The van der Waals surface area contributed by atoms with E-state index in [1.807, 2.05) is 24.3 Å². The highest BCUT2D eigenvalue weighted by Gasteiger charge is 2.60. The van der Waals surface area contributed by atoms with Crippen molar-refractivity contribution in [1.82, 2.24) is 0 Å². The van der Waals surface area contributed by atoms with Crippen molar-refractivity contribution in [1.29, 1.82) is 0 Å². The molecule has 0 heterocycles. The van der Waals surface area contributed by atoms with Crippen molar-refractivity contribution < 1.29 is 15.0 Å². The van der Waals surface area contributed by atoms with Gasteiger partial charge in [0, 0.05) is 17.0 Å². The summed E-state index contributed by atoms with van der Waals surface area (Å²) in [5, 5.41) is 18.1. The number of benzene rings is 1. The molecule has 1 aliphatic rings. The third-order valence-corrected chi connectivity index (χ3v) is 3.86. The molecular weight excluding hydrogens is 272 g/mol. The zero-order valence-electron chi connectivity index (χ0n) is 8.69. The van der Waals surface area contributed by atoms with Gasteiger partial charge in [0.05, 0.1) is 5.41 Å². The summed E-state index contributed by atoms with van der Waals surface area (Å²) < 4.78 is 0.986. The number of aliphatic hydroxyl groups is 1.